The number of hydrogen-bond donors (Lipinski definition) is 1. The Morgan fingerprint density at radius 3 is 3.00 bits per heavy atom. The topological polar surface area (TPSA) is 55.6 Å². The summed E-state index contributed by atoms with van der Waals surface area (Å²) in [6, 6.07) is 3.91. The van der Waals surface area contributed by atoms with Crippen molar-refractivity contribution in [3.63, 3.8) is 0 Å². The van der Waals surface area contributed by atoms with E-state index in [9.17, 15) is 4.79 Å². The predicted molar refractivity (Wildman–Crippen MR) is 73.5 cm³/mol. The Hall–Kier alpha value is -1.88. The average molecular weight is 261 g/mol. The molecule has 0 fully saturated rings. The summed E-state index contributed by atoms with van der Waals surface area (Å²) < 4.78 is 6.80. The van der Waals surface area contributed by atoms with Crippen molar-refractivity contribution in [3.8, 4) is 0 Å². The lowest BCUT2D eigenvalue weighted by Gasteiger charge is -2.06. The minimum atomic E-state index is -0.0910. The molecule has 5 heteroatoms. The van der Waals surface area contributed by atoms with Crippen LogP contribution in [0.4, 0.5) is 0 Å². The predicted octanol–water partition coefficient (Wildman–Crippen LogP) is 1.72. The van der Waals surface area contributed by atoms with E-state index in [2.05, 4.69) is 10.3 Å². The Morgan fingerprint density at radius 1 is 1.47 bits per heavy atom. The number of methoxy groups -OCH3 is 1. The van der Waals surface area contributed by atoms with Gasteiger partial charge in [0.05, 0.1) is 5.69 Å². The van der Waals surface area contributed by atoms with Gasteiger partial charge >= 0.3 is 0 Å². The van der Waals surface area contributed by atoms with Crippen LogP contribution in [0.2, 0.25) is 0 Å². The van der Waals surface area contributed by atoms with Gasteiger partial charge in [0.25, 0.3) is 5.91 Å². The van der Waals surface area contributed by atoms with Crippen molar-refractivity contribution < 1.29 is 9.53 Å². The molecule has 2 aromatic rings. The van der Waals surface area contributed by atoms with Crippen LogP contribution in [0.1, 0.15) is 28.2 Å². The molecule has 5 nitrogen and oxygen atoms in total. The molecule has 0 aliphatic heterocycles. The summed E-state index contributed by atoms with van der Waals surface area (Å²) in [6.45, 7) is 5.09. The second-order valence-electron chi connectivity index (χ2n) is 4.53. The third kappa shape index (κ3) is 2.76. The number of aromatic nitrogens is 2. The van der Waals surface area contributed by atoms with Gasteiger partial charge in [0.1, 0.15) is 11.3 Å². The van der Waals surface area contributed by atoms with Crippen LogP contribution < -0.4 is 5.32 Å². The Morgan fingerprint density at radius 2 is 2.26 bits per heavy atom. The minimum absolute atomic E-state index is 0.0910. The number of amides is 1. The van der Waals surface area contributed by atoms with Crippen LogP contribution in [0.5, 0.6) is 0 Å². The standard InChI is InChI=1S/C14H19N3O2/c1-10-6-4-8-17-12(11(2)16-13(10)17)14(18)15-7-5-9-19-3/h4,6,8H,5,7,9H2,1-3H3,(H,15,18). The molecule has 0 unspecified atom stereocenters. The van der Waals surface area contributed by atoms with E-state index in [1.54, 1.807) is 7.11 Å². The first-order chi connectivity index (χ1) is 9.15. The van der Waals surface area contributed by atoms with E-state index in [0.717, 1.165) is 23.3 Å². The van der Waals surface area contributed by atoms with Crippen LogP contribution >= 0.6 is 0 Å². The molecule has 19 heavy (non-hydrogen) atoms. The van der Waals surface area contributed by atoms with Gasteiger partial charge in [0, 0.05) is 26.5 Å². The number of aryl methyl sites for hydroxylation is 2. The molecule has 0 saturated heterocycles. The zero-order valence-corrected chi connectivity index (χ0v) is 11.6. The van der Waals surface area contributed by atoms with Crippen molar-refractivity contribution in [1.29, 1.82) is 0 Å². The number of rotatable bonds is 5. The largest absolute Gasteiger partial charge is 0.385 e. The lowest BCUT2D eigenvalue weighted by molar-refractivity contribution is 0.0942. The summed E-state index contributed by atoms with van der Waals surface area (Å²) in [4.78, 5) is 16.7. The van der Waals surface area contributed by atoms with Gasteiger partial charge in [-0.3, -0.25) is 9.20 Å². The molecule has 2 rings (SSSR count). The van der Waals surface area contributed by atoms with Crippen molar-refractivity contribution in [2.45, 2.75) is 20.3 Å². The number of nitrogens with zero attached hydrogens (tertiary/aromatic N) is 2. The molecule has 1 amide bonds. The third-order valence-corrected chi connectivity index (χ3v) is 3.05. The normalized spacial score (nSPS) is 10.9. The molecule has 102 valence electrons. The highest BCUT2D eigenvalue weighted by molar-refractivity contribution is 5.94. The molecule has 2 aromatic heterocycles. The second-order valence-corrected chi connectivity index (χ2v) is 4.53. The maximum Gasteiger partial charge on any atom is 0.270 e. The summed E-state index contributed by atoms with van der Waals surface area (Å²) in [5, 5.41) is 2.89. The summed E-state index contributed by atoms with van der Waals surface area (Å²) in [5.41, 5.74) is 3.25. The summed E-state index contributed by atoms with van der Waals surface area (Å²) in [7, 11) is 1.65. The Bertz CT molecular complexity index is 590. The van der Waals surface area contributed by atoms with Crippen molar-refractivity contribution in [2.24, 2.45) is 0 Å². The van der Waals surface area contributed by atoms with Gasteiger partial charge in [-0.1, -0.05) is 6.07 Å². The van der Waals surface area contributed by atoms with Crippen LogP contribution in [0.3, 0.4) is 0 Å². The molecule has 0 aromatic carbocycles. The molecule has 0 aliphatic rings. The van der Waals surface area contributed by atoms with Gasteiger partial charge in [-0.05, 0) is 31.9 Å². The number of pyridine rings is 1. The summed E-state index contributed by atoms with van der Waals surface area (Å²) in [6.07, 6.45) is 2.67. The first-order valence-corrected chi connectivity index (χ1v) is 6.36. The molecule has 0 radical (unpaired) electrons. The van der Waals surface area contributed by atoms with Crippen LogP contribution in [0, 0.1) is 13.8 Å². The van der Waals surface area contributed by atoms with Crippen molar-refractivity contribution in [2.75, 3.05) is 20.3 Å². The fourth-order valence-corrected chi connectivity index (χ4v) is 2.09. The molecule has 2 heterocycles. The van der Waals surface area contributed by atoms with Crippen molar-refractivity contribution in [3.05, 3.63) is 35.3 Å². The Kier molecular flexibility index (Phi) is 4.16. The summed E-state index contributed by atoms with van der Waals surface area (Å²) >= 11 is 0. The number of imidazole rings is 1. The van der Waals surface area contributed by atoms with Crippen LogP contribution in [-0.2, 0) is 4.74 Å². The number of carbonyl (C=O) groups is 1. The second kappa shape index (κ2) is 5.84. The van der Waals surface area contributed by atoms with E-state index in [1.165, 1.54) is 0 Å². The number of nitrogens with one attached hydrogen (secondary N) is 1. The van der Waals surface area contributed by atoms with Crippen molar-refractivity contribution in [1.82, 2.24) is 14.7 Å². The Labute approximate surface area is 112 Å². The Balaban J connectivity index is 2.22. The molecular formula is C14H19N3O2. The van der Waals surface area contributed by atoms with Crippen LogP contribution in [0.25, 0.3) is 5.65 Å². The first kappa shape index (κ1) is 13.5. The first-order valence-electron chi connectivity index (χ1n) is 6.36. The monoisotopic (exact) mass is 261 g/mol. The quantitative estimate of drug-likeness (QED) is 0.834. The molecule has 0 bridgehead atoms. The van der Waals surface area contributed by atoms with Gasteiger partial charge in [-0.2, -0.15) is 0 Å². The summed E-state index contributed by atoms with van der Waals surface area (Å²) in [5.74, 6) is -0.0910. The van der Waals surface area contributed by atoms with E-state index in [4.69, 9.17) is 4.74 Å². The van der Waals surface area contributed by atoms with Gasteiger partial charge in [-0.15, -0.1) is 0 Å². The number of carbonyl (C=O) groups excluding carboxylic acids is 1. The lowest BCUT2D eigenvalue weighted by Crippen LogP contribution is -2.27. The maximum atomic E-state index is 12.2. The maximum absolute atomic E-state index is 12.2. The SMILES string of the molecule is COCCCNC(=O)c1c(C)nc2c(C)cccn12. The van der Waals surface area contributed by atoms with Gasteiger partial charge in [-0.25, -0.2) is 4.98 Å². The van der Waals surface area contributed by atoms with E-state index in [1.807, 2.05) is 36.6 Å². The third-order valence-electron chi connectivity index (χ3n) is 3.05. The van der Waals surface area contributed by atoms with E-state index >= 15 is 0 Å². The van der Waals surface area contributed by atoms with Gasteiger partial charge < -0.3 is 10.1 Å². The van der Waals surface area contributed by atoms with Crippen LogP contribution in [0.15, 0.2) is 18.3 Å². The number of hydrogen-bond acceptors (Lipinski definition) is 3. The fourth-order valence-electron chi connectivity index (χ4n) is 2.09. The van der Waals surface area contributed by atoms with Gasteiger partial charge in [0.2, 0.25) is 0 Å². The zero-order valence-electron chi connectivity index (χ0n) is 11.6. The van der Waals surface area contributed by atoms with E-state index in [0.29, 0.717) is 18.8 Å². The molecule has 0 saturated carbocycles. The lowest BCUT2D eigenvalue weighted by atomic mass is 10.3. The highest BCUT2D eigenvalue weighted by Gasteiger charge is 2.16. The number of ether oxygens (including phenoxy) is 1. The van der Waals surface area contributed by atoms with Crippen LogP contribution in [-0.4, -0.2) is 35.6 Å². The van der Waals surface area contributed by atoms with Crippen molar-refractivity contribution >= 4 is 11.6 Å². The highest BCUT2D eigenvalue weighted by Crippen LogP contribution is 2.15. The minimum Gasteiger partial charge on any atom is -0.385 e. The molecule has 0 atom stereocenters. The molecule has 0 spiro atoms. The number of fused-ring (bicyclic) bond motifs is 1. The molecule has 0 aliphatic carbocycles. The van der Waals surface area contributed by atoms with E-state index in [-0.39, 0.29) is 5.91 Å². The molecule has 1 N–H and O–H groups in total. The molecular weight excluding hydrogens is 242 g/mol. The highest BCUT2D eigenvalue weighted by atomic mass is 16.5. The zero-order chi connectivity index (χ0) is 13.8. The van der Waals surface area contributed by atoms with E-state index < -0.39 is 0 Å². The van der Waals surface area contributed by atoms with Gasteiger partial charge in [0.15, 0.2) is 0 Å². The average Bonchev–Trinajstić information content (AvgIpc) is 2.72. The fraction of sp³-hybridized carbons (Fsp3) is 0.429. The smallest absolute Gasteiger partial charge is 0.270 e.